The third kappa shape index (κ3) is 4.29. The Morgan fingerprint density at radius 1 is 1.31 bits per heavy atom. The van der Waals surface area contributed by atoms with Gasteiger partial charge in [-0.05, 0) is 27.7 Å². The van der Waals surface area contributed by atoms with Crippen molar-refractivity contribution < 1.29 is 0 Å². The molecule has 1 aromatic heterocycles. The number of anilines is 2. The average molecular weight is 220 g/mol. The van der Waals surface area contributed by atoms with Crippen LogP contribution in [0.25, 0.3) is 0 Å². The molecule has 0 bridgehead atoms. The lowest BCUT2D eigenvalue weighted by atomic mass is 10.1. The Bertz CT molecular complexity index is 366. The fourth-order valence-corrected chi connectivity index (χ4v) is 1.28. The first-order chi connectivity index (χ1) is 7.40. The topological polar surface area (TPSA) is 49.8 Å². The van der Waals surface area contributed by atoms with Gasteiger partial charge in [-0.15, -0.1) is 6.58 Å². The number of hydrogen-bond donors (Lipinski definition) is 2. The van der Waals surface area contributed by atoms with E-state index in [1.54, 1.807) is 6.08 Å². The van der Waals surface area contributed by atoms with Gasteiger partial charge >= 0.3 is 0 Å². The zero-order valence-electron chi connectivity index (χ0n) is 10.5. The van der Waals surface area contributed by atoms with E-state index in [0.717, 1.165) is 17.5 Å². The standard InChI is InChI=1S/C12H20N4/c1-6-7-13-10-8-11(15-9(2)14-10)16-12(3,4)5/h6,8H,1,7H2,2-5H3,(H2,13,14,15,16). The van der Waals surface area contributed by atoms with Gasteiger partial charge in [0, 0.05) is 18.2 Å². The van der Waals surface area contributed by atoms with Crippen LogP contribution in [0.4, 0.5) is 11.6 Å². The zero-order chi connectivity index (χ0) is 12.2. The van der Waals surface area contributed by atoms with Crippen LogP contribution in [0.15, 0.2) is 18.7 Å². The average Bonchev–Trinajstić information content (AvgIpc) is 2.10. The number of nitrogens with one attached hydrogen (secondary N) is 2. The Balaban J connectivity index is 2.85. The summed E-state index contributed by atoms with van der Waals surface area (Å²) in [6.07, 6.45) is 1.80. The highest BCUT2D eigenvalue weighted by molar-refractivity contribution is 5.48. The van der Waals surface area contributed by atoms with Gasteiger partial charge in [-0.3, -0.25) is 0 Å². The monoisotopic (exact) mass is 220 g/mol. The molecule has 0 aliphatic rings. The molecule has 2 N–H and O–H groups in total. The van der Waals surface area contributed by atoms with E-state index in [1.807, 2.05) is 13.0 Å². The molecule has 0 saturated carbocycles. The Labute approximate surface area is 97.2 Å². The van der Waals surface area contributed by atoms with Gasteiger partial charge in [0.1, 0.15) is 17.5 Å². The molecule has 0 spiro atoms. The number of nitrogens with zero attached hydrogens (tertiary/aromatic N) is 2. The van der Waals surface area contributed by atoms with Crippen molar-refractivity contribution in [3.63, 3.8) is 0 Å². The fraction of sp³-hybridized carbons (Fsp3) is 0.500. The maximum atomic E-state index is 4.34. The number of aryl methyl sites for hydroxylation is 1. The van der Waals surface area contributed by atoms with Gasteiger partial charge in [-0.25, -0.2) is 9.97 Å². The van der Waals surface area contributed by atoms with Gasteiger partial charge in [-0.2, -0.15) is 0 Å². The molecule has 88 valence electrons. The van der Waals surface area contributed by atoms with Crippen molar-refractivity contribution in [1.82, 2.24) is 9.97 Å². The van der Waals surface area contributed by atoms with E-state index in [-0.39, 0.29) is 5.54 Å². The van der Waals surface area contributed by atoms with Crippen molar-refractivity contribution in [2.75, 3.05) is 17.2 Å². The number of rotatable bonds is 4. The SMILES string of the molecule is C=CCNc1cc(NC(C)(C)C)nc(C)n1. The highest BCUT2D eigenvalue weighted by atomic mass is 15.1. The van der Waals surface area contributed by atoms with E-state index in [9.17, 15) is 0 Å². The maximum absolute atomic E-state index is 4.34. The van der Waals surface area contributed by atoms with Crippen molar-refractivity contribution in [2.24, 2.45) is 0 Å². The van der Waals surface area contributed by atoms with Crippen LogP contribution in [0, 0.1) is 6.92 Å². The first kappa shape index (κ1) is 12.5. The fourth-order valence-electron chi connectivity index (χ4n) is 1.28. The van der Waals surface area contributed by atoms with Gasteiger partial charge in [-0.1, -0.05) is 6.08 Å². The Hall–Kier alpha value is -1.58. The van der Waals surface area contributed by atoms with E-state index in [2.05, 4.69) is 48.0 Å². The molecule has 0 amide bonds. The molecule has 0 radical (unpaired) electrons. The van der Waals surface area contributed by atoms with Crippen molar-refractivity contribution in [3.05, 3.63) is 24.5 Å². The summed E-state index contributed by atoms with van der Waals surface area (Å²) in [6.45, 7) is 12.5. The molecule has 0 unspecified atom stereocenters. The van der Waals surface area contributed by atoms with Crippen LogP contribution in [0.3, 0.4) is 0 Å². The first-order valence-corrected chi connectivity index (χ1v) is 5.39. The summed E-state index contributed by atoms with van der Waals surface area (Å²) >= 11 is 0. The molecule has 1 aromatic rings. The van der Waals surface area contributed by atoms with Crippen molar-refractivity contribution in [3.8, 4) is 0 Å². The second kappa shape index (κ2) is 4.96. The largest absolute Gasteiger partial charge is 0.366 e. The van der Waals surface area contributed by atoms with Gasteiger partial charge in [0.2, 0.25) is 0 Å². The molecule has 0 saturated heterocycles. The molecule has 0 fully saturated rings. The Morgan fingerprint density at radius 2 is 1.94 bits per heavy atom. The summed E-state index contributed by atoms with van der Waals surface area (Å²) < 4.78 is 0. The smallest absolute Gasteiger partial charge is 0.132 e. The predicted molar refractivity (Wildman–Crippen MR) is 68.8 cm³/mol. The molecule has 4 heteroatoms. The van der Waals surface area contributed by atoms with E-state index in [4.69, 9.17) is 0 Å². The maximum Gasteiger partial charge on any atom is 0.132 e. The molecule has 4 nitrogen and oxygen atoms in total. The summed E-state index contributed by atoms with van der Waals surface area (Å²) in [6, 6.07) is 1.90. The number of aromatic nitrogens is 2. The van der Waals surface area contributed by atoms with Crippen LogP contribution >= 0.6 is 0 Å². The molecular weight excluding hydrogens is 200 g/mol. The summed E-state index contributed by atoms with van der Waals surface area (Å²) in [5, 5.41) is 6.47. The van der Waals surface area contributed by atoms with Crippen LogP contribution in [0.1, 0.15) is 26.6 Å². The van der Waals surface area contributed by atoms with E-state index >= 15 is 0 Å². The van der Waals surface area contributed by atoms with Crippen LogP contribution in [0.5, 0.6) is 0 Å². The van der Waals surface area contributed by atoms with E-state index < -0.39 is 0 Å². The summed E-state index contributed by atoms with van der Waals surface area (Å²) in [5.74, 6) is 2.41. The van der Waals surface area contributed by atoms with Crippen LogP contribution in [0.2, 0.25) is 0 Å². The number of hydrogen-bond acceptors (Lipinski definition) is 4. The van der Waals surface area contributed by atoms with Crippen LogP contribution in [-0.2, 0) is 0 Å². The second-order valence-electron chi connectivity index (χ2n) is 4.73. The molecule has 1 rings (SSSR count). The molecule has 0 atom stereocenters. The highest BCUT2D eigenvalue weighted by Crippen LogP contribution is 2.15. The van der Waals surface area contributed by atoms with E-state index in [0.29, 0.717) is 6.54 Å². The molecule has 0 aliphatic heterocycles. The van der Waals surface area contributed by atoms with Gasteiger partial charge in [0.05, 0.1) is 0 Å². The van der Waals surface area contributed by atoms with Crippen LogP contribution < -0.4 is 10.6 Å². The molecule has 0 aromatic carbocycles. The Morgan fingerprint density at radius 3 is 2.50 bits per heavy atom. The molecule has 1 heterocycles. The lowest BCUT2D eigenvalue weighted by molar-refractivity contribution is 0.629. The van der Waals surface area contributed by atoms with E-state index in [1.165, 1.54) is 0 Å². The van der Waals surface area contributed by atoms with Crippen LogP contribution in [-0.4, -0.2) is 22.1 Å². The highest BCUT2D eigenvalue weighted by Gasteiger charge is 2.11. The van der Waals surface area contributed by atoms with Crippen molar-refractivity contribution in [2.45, 2.75) is 33.2 Å². The molecule has 0 aliphatic carbocycles. The summed E-state index contributed by atoms with van der Waals surface area (Å²) in [7, 11) is 0. The third-order valence-electron chi connectivity index (χ3n) is 1.77. The van der Waals surface area contributed by atoms with Crippen molar-refractivity contribution in [1.29, 1.82) is 0 Å². The summed E-state index contributed by atoms with van der Waals surface area (Å²) in [5.41, 5.74) is -0.00347. The van der Waals surface area contributed by atoms with Crippen molar-refractivity contribution >= 4 is 11.6 Å². The lowest BCUT2D eigenvalue weighted by Gasteiger charge is -2.21. The third-order valence-corrected chi connectivity index (χ3v) is 1.77. The minimum absolute atomic E-state index is 0.00347. The summed E-state index contributed by atoms with van der Waals surface area (Å²) in [4.78, 5) is 8.63. The Kier molecular flexibility index (Phi) is 3.88. The second-order valence-corrected chi connectivity index (χ2v) is 4.73. The zero-order valence-corrected chi connectivity index (χ0v) is 10.5. The first-order valence-electron chi connectivity index (χ1n) is 5.39. The normalized spacial score (nSPS) is 11.0. The van der Waals surface area contributed by atoms with Gasteiger partial charge in [0.15, 0.2) is 0 Å². The minimum Gasteiger partial charge on any atom is -0.366 e. The van der Waals surface area contributed by atoms with Gasteiger partial charge in [0.25, 0.3) is 0 Å². The quantitative estimate of drug-likeness (QED) is 0.766. The predicted octanol–water partition coefficient (Wildman–Crippen LogP) is 2.59. The molecular formula is C12H20N4. The minimum atomic E-state index is -0.00347. The lowest BCUT2D eigenvalue weighted by Crippen LogP contribution is -2.27. The molecule has 16 heavy (non-hydrogen) atoms. The van der Waals surface area contributed by atoms with Gasteiger partial charge < -0.3 is 10.6 Å².